The normalized spacial score (nSPS) is 11.5. The second-order valence-electron chi connectivity index (χ2n) is 5.62. The molecule has 0 unspecified atom stereocenters. The summed E-state index contributed by atoms with van der Waals surface area (Å²) in [4.78, 5) is 14.4. The zero-order chi connectivity index (χ0) is 14.5. The minimum absolute atomic E-state index is 0.478. The smallest absolute Gasteiger partial charge is 0.142 e. The van der Waals surface area contributed by atoms with Crippen LogP contribution in [0.25, 0.3) is 10.7 Å². The molecule has 2 aromatic heterocycles. The Morgan fingerprint density at radius 1 is 1.25 bits per heavy atom. The minimum atomic E-state index is 0.478. The molecule has 2 heterocycles. The quantitative estimate of drug-likeness (QED) is 0.887. The van der Waals surface area contributed by atoms with E-state index in [9.17, 15) is 0 Å². The van der Waals surface area contributed by atoms with Crippen molar-refractivity contribution >= 4 is 11.3 Å². The average Bonchev–Trinajstić information content (AvgIpc) is 2.80. The molecular formula is C15H22N4S. The summed E-state index contributed by atoms with van der Waals surface area (Å²) in [5.74, 6) is 0.605. The van der Waals surface area contributed by atoms with Gasteiger partial charge in [0.2, 0.25) is 0 Å². The highest BCUT2D eigenvalue weighted by Crippen LogP contribution is 2.28. The summed E-state index contributed by atoms with van der Waals surface area (Å²) < 4.78 is 0. The first-order chi connectivity index (χ1) is 9.56. The first-order valence-electron chi connectivity index (χ1n) is 7.04. The van der Waals surface area contributed by atoms with Crippen LogP contribution in [-0.4, -0.2) is 21.0 Å². The molecular weight excluding hydrogens is 268 g/mol. The van der Waals surface area contributed by atoms with Crippen molar-refractivity contribution in [1.82, 2.24) is 20.3 Å². The third kappa shape index (κ3) is 4.08. The predicted molar refractivity (Wildman–Crippen MR) is 83.7 cm³/mol. The maximum absolute atomic E-state index is 4.79. The fourth-order valence-corrected chi connectivity index (χ4v) is 2.91. The predicted octanol–water partition coefficient (Wildman–Crippen LogP) is 3.30. The Labute approximate surface area is 124 Å². The molecule has 0 radical (unpaired) electrons. The van der Waals surface area contributed by atoms with Crippen LogP contribution >= 0.6 is 11.3 Å². The van der Waals surface area contributed by atoms with Crippen molar-refractivity contribution in [2.75, 3.05) is 0 Å². The lowest BCUT2D eigenvalue weighted by atomic mass is 10.1. The molecule has 0 atom stereocenters. The molecule has 0 aromatic carbocycles. The van der Waals surface area contributed by atoms with Crippen LogP contribution in [0, 0.1) is 5.92 Å². The number of nitrogens with one attached hydrogen (secondary N) is 1. The molecule has 108 valence electrons. The standard InChI is InChI=1S/C15H22N4S/c1-10(2)7-13-14(8-17-11(3)4)20-15(19-13)12-5-6-16-9-18-12/h5-6,9-11,17H,7-8H2,1-4H3. The largest absolute Gasteiger partial charge is 0.310 e. The summed E-state index contributed by atoms with van der Waals surface area (Å²) in [6.45, 7) is 9.65. The minimum Gasteiger partial charge on any atom is -0.310 e. The number of hydrogen-bond acceptors (Lipinski definition) is 5. The Hall–Kier alpha value is -1.33. The fraction of sp³-hybridized carbons (Fsp3) is 0.533. The lowest BCUT2D eigenvalue weighted by molar-refractivity contribution is 0.581. The molecule has 2 rings (SSSR count). The summed E-state index contributed by atoms with van der Waals surface area (Å²) in [6, 6.07) is 2.39. The van der Waals surface area contributed by atoms with Gasteiger partial charge in [-0.25, -0.2) is 15.0 Å². The molecule has 0 fully saturated rings. The van der Waals surface area contributed by atoms with E-state index in [-0.39, 0.29) is 0 Å². The van der Waals surface area contributed by atoms with Crippen molar-refractivity contribution in [3.8, 4) is 10.7 Å². The molecule has 2 aromatic rings. The van der Waals surface area contributed by atoms with E-state index >= 15 is 0 Å². The monoisotopic (exact) mass is 290 g/mol. The fourth-order valence-electron chi connectivity index (χ4n) is 1.89. The van der Waals surface area contributed by atoms with Gasteiger partial charge in [0.15, 0.2) is 0 Å². The van der Waals surface area contributed by atoms with E-state index in [0.717, 1.165) is 23.7 Å². The van der Waals surface area contributed by atoms with E-state index in [1.807, 2.05) is 6.07 Å². The first kappa shape index (κ1) is 15.1. The third-order valence-corrected chi connectivity index (χ3v) is 3.97. The van der Waals surface area contributed by atoms with E-state index in [4.69, 9.17) is 4.98 Å². The van der Waals surface area contributed by atoms with Crippen LogP contribution in [-0.2, 0) is 13.0 Å². The molecule has 0 saturated carbocycles. The molecule has 0 aliphatic carbocycles. The Bertz CT molecular complexity index is 534. The number of hydrogen-bond donors (Lipinski definition) is 1. The number of rotatable bonds is 6. The van der Waals surface area contributed by atoms with E-state index in [0.29, 0.717) is 12.0 Å². The third-order valence-electron chi connectivity index (χ3n) is 2.85. The van der Waals surface area contributed by atoms with Gasteiger partial charge in [0.1, 0.15) is 17.0 Å². The van der Waals surface area contributed by atoms with E-state index in [1.165, 1.54) is 10.6 Å². The van der Waals surface area contributed by atoms with Crippen molar-refractivity contribution in [3.05, 3.63) is 29.2 Å². The molecule has 0 spiro atoms. The van der Waals surface area contributed by atoms with Crippen molar-refractivity contribution in [3.63, 3.8) is 0 Å². The van der Waals surface area contributed by atoms with Crippen LogP contribution in [0.4, 0.5) is 0 Å². The highest BCUT2D eigenvalue weighted by Gasteiger charge is 2.14. The van der Waals surface area contributed by atoms with E-state index in [2.05, 4.69) is 43.0 Å². The second-order valence-corrected chi connectivity index (χ2v) is 6.70. The van der Waals surface area contributed by atoms with Crippen molar-refractivity contribution < 1.29 is 0 Å². The number of aromatic nitrogens is 3. The number of nitrogens with zero attached hydrogens (tertiary/aromatic N) is 3. The van der Waals surface area contributed by atoms with E-state index < -0.39 is 0 Å². The van der Waals surface area contributed by atoms with Crippen molar-refractivity contribution in [2.45, 2.75) is 46.7 Å². The second kappa shape index (κ2) is 6.90. The Balaban J connectivity index is 2.26. The summed E-state index contributed by atoms with van der Waals surface area (Å²) in [5, 5.41) is 4.47. The van der Waals surface area contributed by atoms with Crippen LogP contribution in [0.15, 0.2) is 18.6 Å². The summed E-state index contributed by atoms with van der Waals surface area (Å²) in [5.41, 5.74) is 2.11. The van der Waals surface area contributed by atoms with Gasteiger partial charge in [-0.15, -0.1) is 11.3 Å². The molecule has 0 aliphatic heterocycles. The molecule has 20 heavy (non-hydrogen) atoms. The Morgan fingerprint density at radius 3 is 2.65 bits per heavy atom. The van der Waals surface area contributed by atoms with Crippen molar-refractivity contribution in [1.29, 1.82) is 0 Å². The summed E-state index contributed by atoms with van der Waals surface area (Å²) >= 11 is 1.73. The Kier molecular flexibility index (Phi) is 5.20. The van der Waals surface area contributed by atoms with Gasteiger partial charge < -0.3 is 5.32 Å². The zero-order valence-corrected chi connectivity index (χ0v) is 13.4. The molecule has 0 aliphatic rings. The maximum Gasteiger partial charge on any atom is 0.142 e. The molecule has 0 bridgehead atoms. The first-order valence-corrected chi connectivity index (χ1v) is 7.86. The lowest BCUT2D eigenvalue weighted by Crippen LogP contribution is -2.22. The molecule has 1 N–H and O–H groups in total. The molecule has 0 amide bonds. The van der Waals surface area contributed by atoms with Crippen molar-refractivity contribution in [2.24, 2.45) is 5.92 Å². The van der Waals surface area contributed by atoms with Crippen LogP contribution < -0.4 is 5.32 Å². The lowest BCUT2D eigenvalue weighted by Gasteiger charge is -2.08. The zero-order valence-electron chi connectivity index (χ0n) is 12.6. The van der Waals surface area contributed by atoms with Gasteiger partial charge in [0.05, 0.1) is 5.69 Å². The van der Waals surface area contributed by atoms with E-state index in [1.54, 1.807) is 23.9 Å². The SMILES string of the molecule is CC(C)Cc1nc(-c2ccncn2)sc1CNC(C)C. The topological polar surface area (TPSA) is 50.7 Å². The summed E-state index contributed by atoms with van der Waals surface area (Å²) in [7, 11) is 0. The van der Waals surface area contributed by atoms with Gasteiger partial charge in [-0.3, -0.25) is 0 Å². The van der Waals surface area contributed by atoms with Crippen LogP contribution in [0.5, 0.6) is 0 Å². The van der Waals surface area contributed by atoms with Gasteiger partial charge in [-0.05, 0) is 18.4 Å². The molecule has 5 heteroatoms. The highest BCUT2D eigenvalue weighted by molar-refractivity contribution is 7.15. The van der Waals surface area contributed by atoms with Gasteiger partial charge in [0.25, 0.3) is 0 Å². The van der Waals surface area contributed by atoms with Crippen LogP contribution in [0.2, 0.25) is 0 Å². The molecule has 4 nitrogen and oxygen atoms in total. The van der Waals surface area contributed by atoms with Gasteiger partial charge >= 0.3 is 0 Å². The van der Waals surface area contributed by atoms with Crippen LogP contribution in [0.3, 0.4) is 0 Å². The van der Waals surface area contributed by atoms with Crippen LogP contribution in [0.1, 0.15) is 38.3 Å². The number of thiazole rings is 1. The summed E-state index contributed by atoms with van der Waals surface area (Å²) in [6.07, 6.45) is 4.35. The Morgan fingerprint density at radius 2 is 2.05 bits per heavy atom. The average molecular weight is 290 g/mol. The molecule has 0 saturated heterocycles. The van der Waals surface area contributed by atoms with Gasteiger partial charge in [-0.1, -0.05) is 27.7 Å². The van der Waals surface area contributed by atoms with Gasteiger partial charge in [0, 0.05) is 23.7 Å². The maximum atomic E-state index is 4.79. The van der Waals surface area contributed by atoms with Gasteiger partial charge in [-0.2, -0.15) is 0 Å². The highest BCUT2D eigenvalue weighted by atomic mass is 32.1.